The van der Waals surface area contributed by atoms with Crippen molar-refractivity contribution in [2.45, 2.75) is 52.2 Å². The van der Waals surface area contributed by atoms with Crippen LogP contribution >= 0.6 is 0 Å². The van der Waals surface area contributed by atoms with E-state index < -0.39 is 11.6 Å². The number of carbonyl (C=O) groups excluding carboxylic acids is 1. The smallest absolute Gasteiger partial charge is 0.359 e. The van der Waals surface area contributed by atoms with Crippen LogP contribution in [0.4, 0.5) is 5.82 Å². The summed E-state index contributed by atoms with van der Waals surface area (Å²) in [5.74, 6) is 0.662. The molecule has 0 radical (unpaired) electrons. The van der Waals surface area contributed by atoms with E-state index in [-0.39, 0.29) is 12.3 Å². The minimum Gasteiger partial charge on any atom is -0.455 e. The summed E-state index contributed by atoms with van der Waals surface area (Å²) < 4.78 is 5.28. The Morgan fingerprint density at radius 2 is 2.14 bits per heavy atom. The van der Waals surface area contributed by atoms with E-state index in [1.165, 1.54) is 0 Å². The Kier molecular flexibility index (Phi) is 5.01. The van der Waals surface area contributed by atoms with Crippen molar-refractivity contribution in [2.24, 2.45) is 5.92 Å². The second-order valence-corrected chi connectivity index (χ2v) is 6.89. The molecule has 1 aromatic rings. The maximum absolute atomic E-state index is 11.9. The predicted octanol–water partition coefficient (Wildman–Crippen LogP) is 2.03. The zero-order valence-electron chi connectivity index (χ0n) is 13.7. The van der Waals surface area contributed by atoms with Gasteiger partial charge in [-0.25, -0.2) is 4.79 Å². The van der Waals surface area contributed by atoms with Crippen LogP contribution in [0.25, 0.3) is 0 Å². The number of hydrogen-bond donors (Lipinski definition) is 1. The van der Waals surface area contributed by atoms with Crippen molar-refractivity contribution in [3.8, 4) is 0 Å². The first-order valence-corrected chi connectivity index (χ1v) is 7.74. The molecule has 1 N–H and O–H groups in total. The van der Waals surface area contributed by atoms with Crippen molar-refractivity contribution < 1.29 is 14.6 Å². The summed E-state index contributed by atoms with van der Waals surface area (Å²) >= 11 is 0. The van der Waals surface area contributed by atoms with Crippen molar-refractivity contribution in [1.29, 1.82) is 0 Å². The fourth-order valence-corrected chi connectivity index (χ4v) is 2.69. The Morgan fingerprint density at radius 1 is 1.41 bits per heavy atom. The molecular weight excluding hydrogens is 282 g/mol. The van der Waals surface area contributed by atoms with Crippen LogP contribution in [0.5, 0.6) is 0 Å². The summed E-state index contributed by atoms with van der Waals surface area (Å²) in [6.45, 7) is 8.65. The number of aromatic nitrogens is 2. The van der Waals surface area contributed by atoms with Gasteiger partial charge in [0.05, 0.1) is 0 Å². The molecule has 0 aromatic carbocycles. The number of hydrogen-bond acceptors (Lipinski definition) is 6. The van der Waals surface area contributed by atoms with E-state index in [9.17, 15) is 9.90 Å². The molecule has 1 fully saturated rings. The summed E-state index contributed by atoms with van der Waals surface area (Å²) in [4.78, 5) is 14.1. The van der Waals surface area contributed by atoms with Crippen LogP contribution < -0.4 is 4.90 Å². The van der Waals surface area contributed by atoms with Crippen molar-refractivity contribution in [2.75, 3.05) is 18.1 Å². The maximum atomic E-state index is 11.9. The second kappa shape index (κ2) is 6.60. The first-order valence-electron chi connectivity index (χ1n) is 7.74. The summed E-state index contributed by atoms with van der Waals surface area (Å²) in [5.41, 5.74) is -0.324. The minimum absolute atomic E-state index is 0.219. The van der Waals surface area contributed by atoms with Crippen LogP contribution in [0.15, 0.2) is 12.1 Å². The number of aliphatic hydroxyl groups is 1. The van der Waals surface area contributed by atoms with Crippen LogP contribution in [0.2, 0.25) is 0 Å². The highest BCUT2D eigenvalue weighted by molar-refractivity contribution is 5.87. The third-order valence-electron chi connectivity index (χ3n) is 3.80. The van der Waals surface area contributed by atoms with Crippen molar-refractivity contribution in [3.63, 3.8) is 0 Å². The van der Waals surface area contributed by atoms with Gasteiger partial charge in [0.1, 0.15) is 5.60 Å². The second-order valence-electron chi connectivity index (χ2n) is 6.89. The summed E-state index contributed by atoms with van der Waals surface area (Å²) in [7, 11) is 0. The molecule has 2 heterocycles. The lowest BCUT2D eigenvalue weighted by Gasteiger charge is -2.37. The molecule has 0 saturated carbocycles. The molecule has 0 unspecified atom stereocenters. The van der Waals surface area contributed by atoms with Gasteiger partial charge in [-0.1, -0.05) is 0 Å². The first kappa shape index (κ1) is 16.7. The molecule has 2 atom stereocenters. The Morgan fingerprint density at radius 3 is 2.64 bits per heavy atom. The van der Waals surface area contributed by atoms with Gasteiger partial charge in [0, 0.05) is 19.2 Å². The number of anilines is 1. The SMILES string of the molecule is C[C@H]1C[C@@H](CO)CCN1c1ccc(C(=O)OC(C)(C)C)nn1. The molecule has 6 nitrogen and oxygen atoms in total. The van der Waals surface area contributed by atoms with Crippen LogP contribution in [0.3, 0.4) is 0 Å². The molecule has 22 heavy (non-hydrogen) atoms. The zero-order valence-corrected chi connectivity index (χ0v) is 13.7. The highest BCUT2D eigenvalue weighted by atomic mass is 16.6. The molecule has 6 heteroatoms. The standard InChI is InChI=1S/C16H25N3O3/c1-11-9-12(10-20)7-8-19(11)14-6-5-13(17-18-14)15(21)22-16(2,3)4/h5-6,11-12,20H,7-10H2,1-4H3/t11-,12-/m0/s1. The lowest BCUT2D eigenvalue weighted by molar-refractivity contribution is 0.00616. The molecule has 1 aliphatic rings. The van der Waals surface area contributed by atoms with E-state index in [0.717, 1.165) is 25.2 Å². The number of ether oxygens (including phenoxy) is 1. The van der Waals surface area contributed by atoms with Crippen molar-refractivity contribution in [1.82, 2.24) is 10.2 Å². The van der Waals surface area contributed by atoms with Gasteiger partial charge in [-0.15, -0.1) is 10.2 Å². The number of esters is 1. The van der Waals surface area contributed by atoms with Crippen LogP contribution in [-0.2, 0) is 4.74 Å². The largest absolute Gasteiger partial charge is 0.455 e. The van der Waals surface area contributed by atoms with Crippen LogP contribution in [0, 0.1) is 5.92 Å². The Balaban J connectivity index is 2.04. The topological polar surface area (TPSA) is 75.5 Å². The molecule has 122 valence electrons. The molecule has 0 bridgehead atoms. The third-order valence-corrected chi connectivity index (χ3v) is 3.80. The lowest BCUT2D eigenvalue weighted by atomic mass is 9.92. The number of rotatable bonds is 3. The van der Waals surface area contributed by atoms with Gasteiger partial charge in [-0.3, -0.25) is 0 Å². The van der Waals surface area contributed by atoms with Crippen molar-refractivity contribution >= 4 is 11.8 Å². The molecule has 0 aliphatic carbocycles. The average Bonchev–Trinajstić information content (AvgIpc) is 2.45. The van der Waals surface area contributed by atoms with E-state index in [0.29, 0.717) is 12.0 Å². The average molecular weight is 307 g/mol. The predicted molar refractivity (Wildman–Crippen MR) is 83.8 cm³/mol. The molecule has 0 amide bonds. The lowest BCUT2D eigenvalue weighted by Crippen LogP contribution is -2.42. The highest BCUT2D eigenvalue weighted by Gasteiger charge is 2.26. The van der Waals surface area contributed by atoms with E-state index in [4.69, 9.17) is 4.74 Å². The number of piperidine rings is 1. The fraction of sp³-hybridized carbons (Fsp3) is 0.688. The van der Waals surface area contributed by atoms with Crippen LogP contribution in [0.1, 0.15) is 51.0 Å². The Hall–Kier alpha value is -1.69. The van der Waals surface area contributed by atoms with Gasteiger partial charge in [0.2, 0.25) is 0 Å². The molecule has 1 aliphatic heterocycles. The van der Waals surface area contributed by atoms with Gasteiger partial charge in [0.15, 0.2) is 11.5 Å². The van der Waals surface area contributed by atoms with Gasteiger partial charge >= 0.3 is 5.97 Å². The van der Waals surface area contributed by atoms with Gasteiger partial charge < -0.3 is 14.7 Å². The summed E-state index contributed by atoms with van der Waals surface area (Å²) in [6.07, 6.45) is 1.88. The summed E-state index contributed by atoms with van der Waals surface area (Å²) in [5, 5.41) is 17.4. The Bertz CT molecular complexity index is 510. The zero-order chi connectivity index (χ0) is 16.3. The fourth-order valence-electron chi connectivity index (χ4n) is 2.69. The number of carbonyl (C=O) groups is 1. The van der Waals surface area contributed by atoms with Gasteiger partial charge in [-0.05, 0) is 58.6 Å². The summed E-state index contributed by atoms with van der Waals surface area (Å²) in [6, 6.07) is 3.76. The molecule has 2 rings (SSSR count). The number of aliphatic hydroxyl groups excluding tert-OH is 1. The molecule has 1 saturated heterocycles. The van der Waals surface area contributed by atoms with Crippen molar-refractivity contribution in [3.05, 3.63) is 17.8 Å². The first-order chi connectivity index (χ1) is 10.3. The molecule has 0 spiro atoms. The van der Waals surface area contributed by atoms with Gasteiger partial charge in [-0.2, -0.15) is 0 Å². The van der Waals surface area contributed by atoms with Crippen LogP contribution in [-0.4, -0.2) is 46.1 Å². The molecular formula is C16H25N3O3. The minimum atomic E-state index is -0.544. The van der Waals surface area contributed by atoms with E-state index in [2.05, 4.69) is 22.0 Å². The quantitative estimate of drug-likeness (QED) is 0.861. The normalized spacial score (nSPS) is 22.5. The van der Waals surface area contributed by atoms with E-state index >= 15 is 0 Å². The van der Waals surface area contributed by atoms with E-state index in [1.54, 1.807) is 6.07 Å². The maximum Gasteiger partial charge on any atom is 0.359 e. The van der Waals surface area contributed by atoms with Gasteiger partial charge in [0.25, 0.3) is 0 Å². The highest BCUT2D eigenvalue weighted by Crippen LogP contribution is 2.26. The van der Waals surface area contributed by atoms with E-state index in [1.807, 2.05) is 26.8 Å². The third kappa shape index (κ3) is 4.16. The Labute approximate surface area is 131 Å². The monoisotopic (exact) mass is 307 g/mol. The number of nitrogens with zero attached hydrogens (tertiary/aromatic N) is 3. The molecule has 1 aromatic heterocycles.